The van der Waals surface area contributed by atoms with E-state index in [1.54, 1.807) is 24.6 Å². The minimum Gasteiger partial charge on any atom is -0.478 e. The predicted molar refractivity (Wildman–Crippen MR) is 147 cm³/mol. The van der Waals surface area contributed by atoms with Gasteiger partial charge in [-0.25, -0.2) is 4.79 Å². The van der Waals surface area contributed by atoms with Gasteiger partial charge in [-0.1, -0.05) is 60.7 Å². The topological polar surface area (TPSA) is 67.3 Å². The Balaban J connectivity index is 1.64. The van der Waals surface area contributed by atoms with Gasteiger partial charge in [-0.15, -0.1) is 0 Å². The van der Waals surface area contributed by atoms with Crippen LogP contribution in [0.15, 0.2) is 103 Å². The third-order valence-corrected chi connectivity index (χ3v) is 7.82. The van der Waals surface area contributed by atoms with Crippen LogP contribution in [-0.2, 0) is 10.8 Å². The fourth-order valence-electron chi connectivity index (χ4n) is 4.50. The lowest BCUT2D eigenvalue weighted by Gasteiger charge is -2.15. The molecule has 0 bridgehead atoms. The van der Waals surface area contributed by atoms with Crippen molar-refractivity contribution in [2.45, 2.75) is 12.2 Å². The van der Waals surface area contributed by atoms with Crippen molar-refractivity contribution in [3.05, 3.63) is 114 Å². The van der Waals surface area contributed by atoms with E-state index in [-0.39, 0.29) is 10.8 Å². The van der Waals surface area contributed by atoms with Gasteiger partial charge in [0.2, 0.25) is 0 Å². The van der Waals surface area contributed by atoms with Gasteiger partial charge in [-0.2, -0.15) is 0 Å². The molecule has 178 valence electrons. The molecule has 0 aliphatic rings. The van der Waals surface area contributed by atoms with E-state index in [1.807, 2.05) is 55.5 Å². The average molecular weight is 492 g/mol. The molecule has 0 radical (unpaired) electrons. The molecule has 1 N–H and O–H groups in total. The maximum Gasteiger partial charge on any atom is 0.335 e. The monoisotopic (exact) mass is 491 g/mol. The molecule has 1 aromatic heterocycles. The first kappa shape index (κ1) is 23.6. The first-order chi connectivity index (χ1) is 17.4. The van der Waals surface area contributed by atoms with Crippen LogP contribution in [0.5, 0.6) is 0 Å². The summed E-state index contributed by atoms with van der Waals surface area (Å²) < 4.78 is 12.3. The van der Waals surface area contributed by atoms with Gasteiger partial charge in [0.15, 0.2) is 0 Å². The molecule has 0 saturated carbocycles. The van der Waals surface area contributed by atoms with Crippen LogP contribution in [0.2, 0.25) is 0 Å². The molecule has 5 heteroatoms. The van der Waals surface area contributed by atoms with Crippen LogP contribution >= 0.6 is 0 Å². The SMILES string of the molecule is CC(c1cc(-c2cccc(-c3ccccc3-c3ccc(C(=O)O)cc3)c2)c2ncccc2c1)S(C)=O. The molecule has 0 amide bonds. The lowest BCUT2D eigenvalue weighted by molar-refractivity contribution is 0.0697. The number of carboxylic acid groups (broad SMARTS) is 1. The molecule has 4 aromatic carbocycles. The number of carbonyl (C=O) groups is 1. The molecule has 1 heterocycles. The van der Waals surface area contributed by atoms with Crippen LogP contribution in [0.25, 0.3) is 44.3 Å². The number of benzene rings is 4. The van der Waals surface area contributed by atoms with Crippen LogP contribution in [0.1, 0.15) is 28.1 Å². The molecule has 2 atom stereocenters. The summed E-state index contributed by atoms with van der Waals surface area (Å²) in [6.07, 6.45) is 3.53. The zero-order chi connectivity index (χ0) is 25.2. The average Bonchev–Trinajstić information content (AvgIpc) is 2.92. The van der Waals surface area contributed by atoms with Gasteiger partial charge in [0.1, 0.15) is 0 Å². The van der Waals surface area contributed by atoms with E-state index in [1.165, 1.54) is 0 Å². The molecule has 5 rings (SSSR count). The highest BCUT2D eigenvalue weighted by Gasteiger charge is 2.15. The lowest BCUT2D eigenvalue weighted by Crippen LogP contribution is -2.01. The number of aromatic nitrogens is 1. The van der Waals surface area contributed by atoms with Crippen molar-refractivity contribution in [2.75, 3.05) is 6.26 Å². The third-order valence-electron chi connectivity index (χ3n) is 6.55. The second kappa shape index (κ2) is 9.88. The Morgan fingerprint density at radius 1 is 0.778 bits per heavy atom. The number of aromatic carboxylic acids is 1. The van der Waals surface area contributed by atoms with E-state index in [0.29, 0.717) is 0 Å². The summed E-state index contributed by atoms with van der Waals surface area (Å²) in [4.78, 5) is 16.0. The van der Waals surface area contributed by atoms with Crippen molar-refractivity contribution in [3.63, 3.8) is 0 Å². The summed E-state index contributed by atoms with van der Waals surface area (Å²) in [7, 11) is -0.989. The van der Waals surface area contributed by atoms with E-state index in [9.17, 15) is 14.1 Å². The molecule has 2 unspecified atom stereocenters. The molecule has 0 saturated heterocycles. The van der Waals surface area contributed by atoms with Crippen LogP contribution in [0.4, 0.5) is 0 Å². The molecule has 5 aromatic rings. The number of pyridine rings is 1. The molecule has 0 aliphatic carbocycles. The van der Waals surface area contributed by atoms with E-state index in [0.717, 1.165) is 49.8 Å². The molecule has 0 fully saturated rings. The smallest absolute Gasteiger partial charge is 0.335 e. The van der Waals surface area contributed by atoms with Gasteiger partial charge in [0, 0.05) is 34.2 Å². The number of nitrogens with zero attached hydrogens (tertiary/aromatic N) is 1. The summed E-state index contributed by atoms with van der Waals surface area (Å²) in [5.41, 5.74) is 8.31. The highest BCUT2D eigenvalue weighted by Crippen LogP contribution is 2.37. The summed E-state index contributed by atoms with van der Waals surface area (Å²) in [5, 5.41) is 10.2. The summed E-state index contributed by atoms with van der Waals surface area (Å²) >= 11 is 0. The number of hydrogen-bond donors (Lipinski definition) is 1. The van der Waals surface area contributed by atoms with Crippen molar-refractivity contribution in [1.29, 1.82) is 0 Å². The fraction of sp³-hybridized carbons (Fsp3) is 0.0968. The maximum atomic E-state index is 12.3. The maximum absolute atomic E-state index is 12.3. The lowest BCUT2D eigenvalue weighted by atomic mass is 9.91. The van der Waals surface area contributed by atoms with E-state index < -0.39 is 16.8 Å². The van der Waals surface area contributed by atoms with Crippen molar-refractivity contribution in [1.82, 2.24) is 4.98 Å². The molecular formula is C31H25NO3S. The minimum absolute atomic E-state index is 0.0916. The van der Waals surface area contributed by atoms with Gasteiger partial charge in [-0.05, 0) is 76.7 Å². The van der Waals surface area contributed by atoms with Crippen molar-refractivity contribution in [3.8, 4) is 33.4 Å². The molecule has 0 aliphatic heterocycles. The van der Waals surface area contributed by atoms with Crippen LogP contribution in [-0.4, -0.2) is 26.5 Å². The Morgan fingerprint density at radius 3 is 2.11 bits per heavy atom. The van der Waals surface area contributed by atoms with E-state index >= 15 is 0 Å². The highest BCUT2D eigenvalue weighted by atomic mass is 32.2. The normalized spacial score (nSPS) is 12.8. The van der Waals surface area contributed by atoms with Gasteiger partial charge < -0.3 is 5.11 Å². The van der Waals surface area contributed by atoms with Gasteiger partial charge >= 0.3 is 5.97 Å². The Bertz CT molecular complexity index is 1610. The Morgan fingerprint density at radius 2 is 1.44 bits per heavy atom. The summed E-state index contributed by atoms with van der Waals surface area (Å²) in [6, 6.07) is 31.6. The molecule has 0 spiro atoms. The molecular weight excluding hydrogens is 466 g/mol. The second-order valence-corrected chi connectivity index (χ2v) is 10.5. The molecule has 4 nitrogen and oxygen atoms in total. The number of carboxylic acids is 1. The van der Waals surface area contributed by atoms with Gasteiger partial charge in [0.25, 0.3) is 0 Å². The minimum atomic E-state index is -0.989. The van der Waals surface area contributed by atoms with Crippen LogP contribution in [0, 0.1) is 0 Å². The number of fused-ring (bicyclic) bond motifs is 1. The fourth-order valence-corrected chi connectivity index (χ4v) is 5.01. The first-order valence-corrected chi connectivity index (χ1v) is 13.3. The Kier molecular flexibility index (Phi) is 6.49. The quantitative estimate of drug-likeness (QED) is 0.269. The summed E-state index contributed by atoms with van der Waals surface area (Å²) in [5.74, 6) is -0.938. The van der Waals surface area contributed by atoms with E-state index in [2.05, 4.69) is 41.4 Å². The summed E-state index contributed by atoms with van der Waals surface area (Å²) in [6.45, 7) is 1.99. The van der Waals surface area contributed by atoms with Gasteiger partial charge in [-0.3, -0.25) is 9.19 Å². The highest BCUT2D eigenvalue weighted by molar-refractivity contribution is 7.84. The van der Waals surface area contributed by atoms with Gasteiger partial charge in [0.05, 0.1) is 16.3 Å². The molecule has 36 heavy (non-hydrogen) atoms. The van der Waals surface area contributed by atoms with Crippen molar-refractivity contribution >= 4 is 27.7 Å². The van der Waals surface area contributed by atoms with Crippen LogP contribution < -0.4 is 0 Å². The largest absolute Gasteiger partial charge is 0.478 e. The zero-order valence-electron chi connectivity index (χ0n) is 20.0. The van der Waals surface area contributed by atoms with Crippen LogP contribution in [0.3, 0.4) is 0 Å². The van der Waals surface area contributed by atoms with Crippen molar-refractivity contribution in [2.24, 2.45) is 0 Å². The zero-order valence-corrected chi connectivity index (χ0v) is 20.8. The van der Waals surface area contributed by atoms with Crippen molar-refractivity contribution < 1.29 is 14.1 Å². The standard InChI is InChI=1S/C31H25NO3S/c1-20(36(2)35)26-18-25-9-6-16-32-30(25)29(19-26)24-8-5-7-23(17-24)28-11-4-3-10-27(28)21-12-14-22(15-13-21)31(33)34/h3-20H,1-2H3,(H,33,34). The first-order valence-electron chi connectivity index (χ1n) is 11.7. The third kappa shape index (κ3) is 4.58. The predicted octanol–water partition coefficient (Wildman–Crippen LogP) is 7.37. The second-order valence-electron chi connectivity index (χ2n) is 8.79. The van der Waals surface area contributed by atoms with E-state index in [4.69, 9.17) is 0 Å². The number of rotatable bonds is 6. The number of hydrogen-bond acceptors (Lipinski definition) is 3. The Hall–Kier alpha value is -4.09. The Labute approximate surface area is 212 Å².